The largest absolute Gasteiger partial charge is 0.493 e. The molecule has 1 aromatic carbocycles. The number of ketones is 1. The second kappa shape index (κ2) is 6.36. The van der Waals surface area contributed by atoms with Crippen LogP contribution in [0.1, 0.15) is 38.1 Å². The molecular formula is C15H20O4. The van der Waals surface area contributed by atoms with Crippen molar-refractivity contribution in [3.8, 4) is 5.75 Å². The summed E-state index contributed by atoms with van der Waals surface area (Å²) in [5.41, 5.74) is -0.175. The first-order chi connectivity index (χ1) is 8.86. The molecule has 19 heavy (non-hydrogen) atoms. The highest BCUT2D eigenvalue weighted by Crippen LogP contribution is 2.20. The fourth-order valence-electron chi connectivity index (χ4n) is 1.34. The summed E-state index contributed by atoms with van der Waals surface area (Å²) in [7, 11) is 0. The van der Waals surface area contributed by atoms with Gasteiger partial charge in [0, 0.05) is 5.41 Å². The van der Waals surface area contributed by atoms with Gasteiger partial charge in [0.05, 0.1) is 6.61 Å². The van der Waals surface area contributed by atoms with Crippen LogP contribution in [0.4, 0.5) is 0 Å². The van der Waals surface area contributed by atoms with Crippen LogP contribution in [0.15, 0.2) is 24.3 Å². The SMILES string of the molecule is CCOc1ccccc1C(=O)OCC(=O)C(C)(C)C. The molecule has 0 unspecified atom stereocenters. The van der Waals surface area contributed by atoms with Crippen LogP contribution in [0, 0.1) is 5.41 Å². The molecular weight excluding hydrogens is 244 g/mol. The van der Waals surface area contributed by atoms with Gasteiger partial charge in [-0.3, -0.25) is 4.79 Å². The molecule has 0 atom stereocenters. The Labute approximate surface area is 113 Å². The van der Waals surface area contributed by atoms with E-state index in [-0.39, 0.29) is 12.4 Å². The second-order valence-corrected chi connectivity index (χ2v) is 5.18. The normalized spacial score (nSPS) is 10.9. The number of benzene rings is 1. The molecule has 0 bridgehead atoms. The van der Waals surface area contributed by atoms with Gasteiger partial charge in [-0.1, -0.05) is 32.9 Å². The number of rotatable bonds is 5. The summed E-state index contributed by atoms with van der Waals surface area (Å²) in [6, 6.07) is 6.83. The van der Waals surface area contributed by atoms with Gasteiger partial charge < -0.3 is 9.47 Å². The Morgan fingerprint density at radius 1 is 1.16 bits per heavy atom. The Morgan fingerprint density at radius 2 is 1.79 bits per heavy atom. The van der Waals surface area contributed by atoms with E-state index in [1.54, 1.807) is 45.0 Å². The molecule has 0 aliphatic carbocycles. The van der Waals surface area contributed by atoms with E-state index in [1.807, 2.05) is 6.92 Å². The van der Waals surface area contributed by atoms with Crippen LogP contribution in [-0.4, -0.2) is 25.0 Å². The van der Waals surface area contributed by atoms with Crippen LogP contribution in [-0.2, 0) is 9.53 Å². The number of Topliss-reactive ketones (excluding diaryl/α,β-unsaturated/α-hetero) is 1. The van der Waals surface area contributed by atoms with Crippen molar-refractivity contribution >= 4 is 11.8 Å². The number of carbonyl (C=O) groups excluding carboxylic acids is 2. The maximum atomic E-state index is 11.9. The van der Waals surface area contributed by atoms with Crippen LogP contribution < -0.4 is 4.74 Å². The predicted octanol–water partition coefficient (Wildman–Crippen LogP) is 2.86. The van der Waals surface area contributed by atoms with E-state index in [2.05, 4.69) is 0 Å². The van der Waals surface area contributed by atoms with Crippen LogP contribution >= 0.6 is 0 Å². The quantitative estimate of drug-likeness (QED) is 0.767. The van der Waals surface area contributed by atoms with Gasteiger partial charge in [0.25, 0.3) is 0 Å². The number of para-hydroxylation sites is 1. The number of hydrogen-bond acceptors (Lipinski definition) is 4. The molecule has 0 heterocycles. The molecule has 0 fully saturated rings. The maximum absolute atomic E-state index is 11.9. The monoisotopic (exact) mass is 264 g/mol. The lowest BCUT2D eigenvalue weighted by Gasteiger charge is -2.16. The van der Waals surface area contributed by atoms with Gasteiger partial charge in [-0.25, -0.2) is 4.79 Å². The molecule has 0 aromatic heterocycles. The van der Waals surface area contributed by atoms with Crippen molar-refractivity contribution in [2.24, 2.45) is 5.41 Å². The fourth-order valence-corrected chi connectivity index (χ4v) is 1.34. The molecule has 1 rings (SSSR count). The molecule has 0 aliphatic rings. The molecule has 1 aromatic rings. The highest BCUT2D eigenvalue weighted by atomic mass is 16.5. The summed E-state index contributed by atoms with van der Waals surface area (Å²) < 4.78 is 10.4. The first kappa shape index (κ1) is 15.2. The predicted molar refractivity (Wildman–Crippen MR) is 72.4 cm³/mol. The average molecular weight is 264 g/mol. The lowest BCUT2D eigenvalue weighted by atomic mass is 9.91. The van der Waals surface area contributed by atoms with Crippen molar-refractivity contribution in [2.45, 2.75) is 27.7 Å². The van der Waals surface area contributed by atoms with Crippen LogP contribution in [0.2, 0.25) is 0 Å². The van der Waals surface area contributed by atoms with Gasteiger partial charge in [0.2, 0.25) is 0 Å². The molecule has 0 amide bonds. The average Bonchev–Trinajstić information content (AvgIpc) is 2.35. The van der Waals surface area contributed by atoms with Gasteiger partial charge in [-0.2, -0.15) is 0 Å². The molecule has 104 valence electrons. The zero-order chi connectivity index (χ0) is 14.5. The van der Waals surface area contributed by atoms with Gasteiger partial charge in [0.15, 0.2) is 12.4 Å². The smallest absolute Gasteiger partial charge is 0.342 e. The fraction of sp³-hybridized carbons (Fsp3) is 0.467. The topological polar surface area (TPSA) is 52.6 Å². The Balaban J connectivity index is 2.71. The Kier molecular flexibility index (Phi) is 5.10. The van der Waals surface area contributed by atoms with Crippen molar-refractivity contribution in [3.63, 3.8) is 0 Å². The van der Waals surface area contributed by atoms with Gasteiger partial charge in [-0.15, -0.1) is 0 Å². The van der Waals surface area contributed by atoms with Gasteiger partial charge >= 0.3 is 5.97 Å². The molecule has 0 saturated heterocycles. The number of ether oxygens (including phenoxy) is 2. The third-order valence-electron chi connectivity index (χ3n) is 2.58. The van der Waals surface area contributed by atoms with E-state index < -0.39 is 11.4 Å². The summed E-state index contributed by atoms with van der Waals surface area (Å²) in [5.74, 6) is -0.186. The second-order valence-electron chi connectivity index (χ2n) is 5.18. The summed E-state index contributed by atoms with van der Waals surface area (Å²) in [4.78, 5) is 23.6. The number of hydrogen-bond donors (Lipinski definition) is 0. The number of esters is 1. The number of carbonyl (C=O) groups is 2. The zero-order valence-corrected chi connectivity index (χ0v) is 11.9. The van der Waals surface area contributed by atoms with Crippen molar-refractivity contribution < 1.29 is 19.1 Å². The molecule has 0 spiro atoms. The minimum atomic E-state index is -0.540. The standard InChI is InChI=1S/C15H20O4/c1-5-18-12-9-7-6-8-11(12)14(17)19-10-13(16)15(2,3)4/h6-9H,5,10H2,1-4H3. The van der Waals surface area contributed by atoms with Crippen molar-refractivity contribution in [1.82, 2.24) is 0 Å². The van der Waals surface area contributed by atoms with Crippen LogP contribution in [0.25, 0.3) is 0 Å². The highest BCUT2D eigenvalue weighted by molar-refractivity contribution is 5.94. The highest BCUT2D eigenvalue weighted by Gasteiger charge is 2.23. The molecule has 0 aliphatic heterocycles. The summed E-state index contributed by atoms with van der Waals surface area (Å²) >= 11 is 0. The third-order valence-corrected chi connectivity index (χ3v) is 2.58. The first-order valence-corrected chi connectivity index (χ1v) is 6.28. The molecule has 4 heteroatoms. The van der Waals surface area contributed by atoms with Crippen molar-refractivity contribution in [1.29, 1.82) is 0 Å². The zero-order valence-electron chi connectivity index (χ0n) is 11.9. The van der Waals surface area contributed by atoms with Gasteiger partial charge in [0.1, 0.15) is 11.3 Å². The van der Waals surface area contributed by atoms with E-state index in [4.69, 9.17) is 9.47 Å². The van der Waals surface area contributed by atoms with E-state index in [1.165, 1.54) is 0 Å². The summed E-state index contributed by atoms with van der Waals surface area (Å²) in [6.45, 7) is 7.45. The molecule has 0 saturated carbocycles. The minimum Gasteiger partial charge on any atom is -0.493 e. The molecule has 0 N–H and O–H groups in total. The van der Waals surface area contributed by atoms with E-state index in [0.717, 1.165) is 0 Å². The van der Waals surface area contributed by atoms with E-state index in [9.17, 15) is 9.59 Å². The molecule has 4 nitrogen and oxygen atoms in total. The van der Waals surface area contributed by atoms with Crippen molar-refractivity contribution in [2.75, 3.05) is 13.2 Å². The van der Waals surface area contributed by atoms with E-state index in [0.29, 0.717) is 17.9 Å². The minimum absolute atomic E-state index is 0.116. The van der Waals surface area contributed by atoms with Crippen LogP contribution in [0.5, 0.6) is 5.75 Å². The maximum Gasteiger partial charge on any atom is 0.342 e. The lowest BCUT2D eigenvalue weighted by Crippen LogP contribution is -2.26. The van der Waals surface area contributed by atoms with E-state index >= 15 is 0 Å². The summed E-state index contributed by atoms with van der Waals surface area (Å²) in [6.07, 6.45) is 0. The first-order valence-electron chi connectivity index (χ1n) is 6.28. The van der Waals surface area contributed by atoms with Crippen molar-refractivity contribution in [3.05, 3.63) is 29.8 Å². The Bertz CT molecular complexity index is 457. The van der Waals surface area contributed by atoms with Gasteiger partial charge in [-0.05, 0) is 19.1 Å². The molecule has 0 radical (unpaired) electrons. The van der Waals surface area contributed by atoms with Crippen LogP contribution in [0.3, 0.4) is 0 Å². The Hall–Kier alpha value is -1.84. The third kappa shape index (κ3) is 4.39. The summed E-state index contributed by atoms with van der Waals surface area (Å²) in [5, 5.41) is 0. The lowest BCUT2D eigenvalue weighted by molar-refractivity contribution is -0.129. The Morgan fingerprint density at radius 3 is 2.37 bits per heavy atom.